The summed E-state index contributed by atoms with van der Waals surface area (Å²) in [5.41, 5.74) is 2.08. The van der Waals surface area contributed by atoms with Crippen molar-refractivity contribution in [3.8, 4) is 0 Å². The number of H-pyrrole nitrogens is 1. The first-order chi connectivity index (χ1) is 10.5. The number of hydrogen-bond donors (Lipinski definition) is 1. The van der Waals surface area contributed by atoms with Crippen LogP contribution in [0.1, 0.15) is 42.9 Å². The van der Waals surface area contributed by atoms with Gasteiger partial charge < -0.3 is 9.72 Å². The maximum atomic E-state index is 12.2. The van der Waals surface area contributed by atoms with Crippen molar-refractivity contribution in [3.63, 3.8) is 0 Å². The normalized spacial score (nSPS) is 11.5. The first-order valence-corrected chi connectivity index (χ1v) is 7.23. The summed E-state index contributed by atoms with van der Waals surface area (Å²) in [6.07, 6.45) is 1.58. The molecule has 0 spiro atoms. The summed E-state index contributed by atoms with van der Waals surface area (Å²) in [4.78, 5) is 31.2. The van der Waals surface area contributed by atoms with Crippen molar-refractivity contribution < 1.29 is 9.53 Å². The fourth-order valence-corrected chi connectivity index (χ4v) is 2.55. The highest BCUT2D eigenvalue weighted by Crippen LogP contribution is 2.20. The van der Waals surface area contributed by atoms with E-state index in [0.717, 1.165) is 11.3 Å². The van der Waals surface area contributed by atoms with Crippen molar-refractivity contribution >= 4 is 22.5 Å². The molecule has 0 saturated carbocycles. The minimum absolute atomic E-state index is 0.178. The van der Waals surface area contributed by atoms with Crippen molar-refractivity contribution in [2.75, 3.05) is 6.61 Å². The van der Waals surface area contributed by atoms with Gasteiger partial charge in [-0.05, 0) is 25.1 Å². The first-order valence-electron chi connectivity index (χ1n) is 7.23. The smallest absolute Gasteiger partial charge is 0.338 e. The lowest BCUT2D eigenvalue weighted by molar-refractivity contribution is 0.0526. The highest BCUT2D eigenvalue weighted by Gasteiger charge is 2.15. The van der Waals surface area contributed by atoms with Crippen molar-refractivity contribution in [1.29, 1.82) is 0 Å². The number of nitrogens with zero attached hydrogens (tertiary/aromatic N) is 2. The molecule has 0 saturated heterocycles. The summed E-state index contributed by atoms with van der Waals surface area (Å²) in [6, 6.07) is 5.14. The summed E-state index contributed by atoms with van der Waals surface area (Å²) in [7, 11) is 0. The fraction of sp³-hybridized carbons (Fsp3) is 0.312. The van der Waals surface area contributed by atoms with Gasteiger partial charge in [-0.1, -0.05) is 13.8 Å². The monoisotopic (exact) mass is 299 g/mol. The van der Waals surface area contributed by atoms with Crippen LogP contribution in [0.3, 0.4) is 0 Å². The second kappa shape index (κ2) is 5.29. The lowest BCUT2D eigenvalue weighted by Gasteiger charge is -2.09. The number of benzene rings is 1. The minimum Gasteiger partial charge on any atom is -0.462 e. The molecule has 1 aromatic carbocycles. The molecule has 0 atom stereocenters. The van der Waals surface area contributed by atoms with Crippen molar-refractivity contribution in [2.24, 2.45) is 0 Å². The number of hydrogen-bond acceptors (Lipinski definition) is 4. The zero-order valence-corrected chi connectivity index (χ0v) is 12.7. The third-order valence-corrected chi connectivity index (χ3v) is 3.53. The van der Waals surface area contributed by atoms with Gasteiger partial charge in [-0.15, -0.1) is 0 Å². The number of aromatic amines is 1. The van der Waals surface area contributed by atoms with Gasteiger partial charge in [-0.2, -0.15) is 0 Å². The number of imidazole rings is 1. The Morgan fingerprint density at radius 1 is 1.36 bits per heavy atom. The van der Waals surface area contributed by atoms with E-state index < -0.39 is 5.97 Å². The Hall–Kier alpha value is -2.63. The number of ether oxygens (including phenoxy) is 1. The Kier molecular flexibility index (Phi) is 3.44. The SMILES string of the molecule is CCOC(=O)c1ccc2c(c1)[nH]c(=O)c1cnc(C(C)C)n12. The second-order valence-corrected chi connectivity index (χ2v) is 5.40. The first kappa shape index (κ1) is 14.3. The molecular weight excluding hydrogens is 282 g/mol. The van der Waals surface area contributed by atoms with Crippen LogP contribution in [0.4, 0.5) is 0 Å². The molecule has 2 aromatic heterocycles. The number of rotatable bonds is 3. The van der Waals surface area contributed by atoms with E-state index in [9.17, 15) is 9.59 Å². The molecule has 0 unspecified atom stereocenters. The van der Waals surface area contributed by atoms with E-state index in [1.807, 2.05) is 18.2 Å². The number of carbonyl (C=O) groups excluding carboxylic acids is 1. The van der Waals surface area contributed by atoms with Gasteiger partial charge in [-0.3, -0.25) is 9.20 Å². The van der Waals surface area contributed by atoms with Crippen molar-refractivity contribution in [1.82, 2.24) is 14.4 Å². The Morgan fingerprint density at radius 3 is 2.82 bits per heavy atom. The maximum absolute atomic E-state index is 12.2. The molecule has 0 aliphatic heterocycles. The van der Waals surface area contributed by atoms with Crippen LogP contribution in [0.25, 0.3) is 16.6 Å². The van der Waals surface area contributed by atoms with Gasteiger partial charge in [0.05, 0.1) is 29.4 Å². The molecule has 0 aliphatic rings. The zero-order chi connectivity index (χ0) is 15.9. The largest absolute Gasteiger partial charge is 0.462 e. The summed E-state index contributed by atoms with van der Waals surface area (Å²) >= 11 is 0. The van der Waals surface area contributed by atoms with Gasteiger partial charge in [0.25, 0.3) is 5.56 Å². The van der Waals surface area contributed by atoms with Gasteiger partial charge in [0.2, 0.25) is 0 Å². The second-order valence-electron chi connectivity index (χ2n) is 5.40. The maximum Gasteiger partial charge on any atom is 0.338 e. The van der Waals surface area contributed by atoms with E-state index in [1.165, 1.54) is 0 Å². The number of esters is 1. The average Bonchev–Trinajstić information content (AvgIpc) is 2.93. The van der Waals surface area contributed by atoms with E-state index >= 15 is 0 Å². The number of carbonyl (C=O) groups is 1. The molecule has 114 valence electrons. The van der Waals surface area contributed by atoms with Crippen LogP contribution in [0, 0.1) is 0 Å². The Morgan fingerprint density at radius 2 is 2.14 bits per heavy atom. The van der Waals surface area contributed by atoms with E-state index in [2.05, 4.69) is 9.97 Å². The standard InChI is InChI=1S/C16H17N3O3/c1-4-22-16(21)10-5-6-12-11(7-10)18-15(20)13-8-17-14(9(2)3)19(12)13/h5-9H,4H2,1-3H3,(H,18,20). The molecule has 0 amide bonds. The van der Waals surface area contributed by atoms with Gasteiger partial charge in [0, 0.05) is 5.92 Å². The lowest BCUT2D eigenvalue weighted by atomic mass is 10.1. The van der Waals surface area contributed by atoms with E-state index in [0.29, 0.717) is 23.2 Å². The molecule has 6 heteroatoms. The predicted octanol–water partition coefficient (Wildman–Crippen LogP) is 2.48. The highest BCUT2D eigenvalue weighted by atomic mass is 16.5. The van der Waals surface area contributed by atoms with Gasteiger partial charge in [0.15, 0.2) is 0 Å². The molecule has 1 N–H and O–H groups in total. The molecule has 6 nitrogen and oxygen atoms in total. The van der Waals surface area contributed by atoms with Crippen LogP contribution >= 0.6 is 0 Å². The quantitative estimate of drug-likeness (QED) is 0.754. The summed E-state index contributed by atoms with van der Waals surface area (Å²) < 4.78 is 6.83. The Bertz CT molecular complexity index is 921. The van der Waals surface area contributed by atoms with E-state index in [1.54, 1.807) is 31.3 Å². The van der Waals surface area contributed by atoms with Crippen molar-refractivity contribution in [3.05, 3.63) is 46.1 Å². The molecule has 0 aliphatic carbocycles. The molecule has 3 aromatic rings. The predicted molar refractivity (Wildman–Crippen MR) is 83.4 cm³/mol. The van der Waals surface area contributed by atoms with E-state index in [-0.39, 0.29) is 11.5 Å². The third-order valence-electron chi connectivity index (χ3n) is 3.53. The molecular formula is C16H17N3O3. The van der Waals surface area contributed by atoms with Crippen molar-refractivity contribution in [2.45, 2.75) is 26.7 Å². The number of aromatic nitrogens is 3. The van der Waals surface area contributed by atoms with Gasteiger partial charge >= 0.3 is 5.97 Å². The molecule has 22 heavy (non-hydrogen) atoms. The molecule has 0 fully saturated rings. The van der Waals surface area contributed by atoms with Crippen LogP contribution in [0.15, 0.2) is 29.2 Å². The zero-order valence-electron chi connectivity index (χ0n) is 12.7. The minimum atomic E-state index is -0.403. The highest BCUT2D eigenvalue weighted by molar-refractivity contribution is 5.94. The van der Waals surface area contributed by atoms with Crippen LogP contribution in [0.5, 0.6) is 0 Å². The van der Waals surface area contributed by atoms with Crippen LogP contribution < -0.4 is 5.56 Å². The molecule has 2 heterocycles. The van der Waals surface area contributed by atoms with Crippen LogP contribution in [-0.4, -0.2) is 26.9 Å². The molecule has 0 bridgehead atoms. The average molecular weight is 299 g/mol. The number of nitrogens with one attached hydrogen (secondary N) is 1. The number of fused-ring (bicyclic) bond motifs is 3. The van der Waals surface area contributed by atoms with Crippen LogP contribution in [0.2, 0.25) is 0 Å². The van der Waals surface area contributed by atoms with Gasteiger partial charge in [-0.25, -0.2) is 9.78 Å². The Balaban J connectivity index is 2.31. The van der Waals surface area contributed by atoms with Gasteiger partial charge in [0.1, 0.15) is 11.3 Å². The summed E-state index contributed by atoms with van der Waals surface area (Å²) in [6.45, 7) is 6.11. The summed E-state index contributed by atoms with van der Waals surface area (Å²) in [5, 5.41) is 0. The molecule has 3 rings (SSSR count). The third kappa shape index (κ3) is 2.16. The topological polar surface area (TPSA) is 76.5 Å². The lowest BCUT2D eigenvalue weighted by Crippen LogP contribution is -2.12. The van der Waals surface area contributed by atoms with E-state index in [4.69, 9.17) is 4.74 Å². The fourth-order valence-electron chi connectivity index (χ4n) is 2.55. The van der Waals surface area contributed by atoms with Crippen LogP contribution in [-0.2, 0) is 4.74 Å². The Labute approximate surface area is 126 Å². The molecule has 0 radical (unpaired) electrons. The summed E-state index contributed by atoms with van der Waals surface area (Å²) in [5.74, 6) is 0.590.